The summed E-state index contributed by atoms with van der Waals surface area (Å²) in [6, 6.07) is 7.01. The fourth-order valence-electron chi connectivity index (χ4n) is 2.42. The molecule has 1 N–H and O–H groups in total. The second-order valence-electron chi connectivity index (χ2n) is 4.86. The molecule has 0 aliphatic carbocycles. The van der Waals surface area contributed by atoms with Gasteiger partial charge in [-0.1, -0.05) is 0 Å². The number of H-pyrrole nitrogens is 1. The molecule has 0 aromatic carbocycles. The number of nitrogens with one attached hydrogen (secondary N) is 1. The van der Waals surface area contributed by atoms with Gasteiger partial charge in [-0.05, 0) is 37.1 Å². The lowest BCUT2D eigenvalue weighted by molar-refractivity contribution is 0.0791. The minimum atomic E-state index is -0.344. The molecule has 2 aromatic heterocycles. The summed E-state index contributed by atoms with van der Waals surface area (Å²) >= 11 is 0. The largest absolute Gasteiger partial charge is 0.338 e. The van der Waals surface area contributed by atoms with E-state index in [2.05, 4.69) is 9.97 Å². The monoisotopic (exact) mass is 269 g/mol. The Labute approximate surface area is 116 Å². The maximum Gasteiger partial charge on any atom is 0.261 e. The topological polar surface area (TPSA) is 66.1 Å². The SMILES string of the molecule is O=C(c1ccc(-c2cccnc2)[nH]c1=O)N1CCCC1. The number of hydrogen-bond acceptors (Lipinski definition) is 3. The van der Waals surface area contributed by atoms with Crippen LogP contribution >= 0.6 is 0 Å². The van der Waals surface area contributed by atoms with Crippen LogP contribution in [0.25, 0.3) is 11.3 Å². The van der Waals surface area contributed by atoms with E-state index < -0.39 is 0 Å². The van der Waals surface area contributed by atoms with Crippen LogP contribution in [0.3, 0.4) is 0 Å². The Morgan fingerprint density at radius 2 is 2.00 bits per heavy atom. The minimum absolute atomic E-state index is 0.179. The number of pyridine rings is 2. The molecule has 20 heavy (non-hydrogen) atoms. The second kappa shape index (κ2) is 5.28. The van der Waals surface area contributed by atoms with Gasteiger partial charge >= 0.3 is 0 Å². The minimum Gasteiger partial charge on any atom is -0.338 e. The van der Waals surface area contributed by atoms with Crippen molar-refractivity contribution in [1.82, 2.24) is 14.9 Å². The lowest BCUT2D eigenvalue weighted by atomic mass is 10.1. The van der Waals surface area contributed by atoms with Crippen molar-refractivity contribution in [1.29, 1.82) is 0 Å². The van der Waals surface area contributed by atoms with Gasteiger partial charge in [0.05, 0.1) is 0 Å². The number of aromatic nitrogens is 2. The van der Waals surface area contributed by atoms with E-state index >= 15 is 0 Å². The van der Waals surface area contributed by atoms with Crippen LogP contribution in [-0.2, 0) is 0 Å². The van der Waals surface area contributed by atoms with Crippen LogP contribution in [0.4, 0.5) is 0 Å². The molecular formula is C15H15N3O2. The number of likely N-dealkylation sites (tertiary alicyclic amines) is 1. The number of aromatic amines is 1. The maximum absolute atomic E-state index is 12.2. The number of amides is 1. The fourth-order valence-corrected chi connectivity index (χ4v) is 2.42. The third-order valence-corrected chi connectivity index (χ3v) is 3.51. The molecule has 0 unspecified atom stereocenters. The molecular weight excluding hydrogens is 254 g/mol. The van der Waals surface area contributed by atoms with E-state index in [-0.39, 0.29) is 17.0 Å². The van der Waals surface area contributed by atoms with Gasteiger partial charge in [-0.15, -0.1) is 0 Å². The number of carbonyl (C=O) groups excluding carboxylic acids is 1. The first kappa shape index (κ1) is 12.6. The first-order valence-electron chi connectivity index (χ1n) is 6.69. The summed E-state index contributed by atoms with van der Waals surface area (Å²) in [6.07, 6.45) is 5.37. The number of rotatable bonds is 2. The van der Waals surface area contributed by atoms with Crippen molar-refractivity contribution in [2.45, 2.75) is 12.8 Å². The molecule has 5 nitrogen and oxygen atoms in total. The first-order valence-corrected chi connectivity index (χ1v) is 6.69. The van der Waals surface area contributed by atoms with Crippen molar-refractivity contribution < 1.29 is 4.79 Å². The molecule has 0 saturated carbocycles. The molecule has 1 aliphatic heterocycles. The first-order chi connectivity index (χ1) is 9.75. The molecule has 1 aliphatic rings. The van der Waals surface area contributed by atoms with Crippen LogP contribution in [0.5, 0.6) is 0 Å². The molecule has 1 amide bonds. The quantitative estimate of drug-likeness (QED) is 0.902. The molecule has 3 rings (SSSR count). The standard InChI is InChI=1S/C15H15N3O2/c19-14-12(15(20)18-8-1-2-9-18)5-6-13(17-14)11-4-3-7-16-10-11/h3-7,10H,1-2,8-9H2,(H,17,19). The molecule has 0 radical (unpaired) electrons. The second-order valence-corrected chi connectivity index (χ2v) is 4.86. The average Bonchev–Trinajstić information content (AvgIpc) is 3.01. The van der Waals surface area contributed by atoms with Crippen LogP contribution in [0.1, 0.15) is 23.2 Å². The number of hydrogen-bond donors (Lipinski definition) is 1. The third kappa shape index (κ3) is 2.34. The van der Waals surface area contributed by atoms with Gasteiger partial charge < -0.3 is 9.88 Å². The normalized spacial score (nSPS) is 14.5. The van der Waals surface area contributed by atoms with Crippen LogP contribution in [0.2, 0.25) is 0 Å². The Morgan fingerprint density at radius 3 is 2.65 bits per heavy atom. The highest BCUT2D eigenvalue weighted by molar-refractivity contribution is 5.94. The number of nitrogens with zero attached hydrogens (tertiary/aromatic N) is 2. The Hall–Kier alpha value is -2.43. The van der Waals surface area contributed by atoms with Gasteiger partial charge in [0.15, 0.2) is 0 Å². The van der Waals surface area contributed by atoms with Crippen molar-refractivity contribution in [3.63, 3.8) is 0 Å². The molecule has 2 aromatic rings. The Morgan fingerprint density at radius 1 is 1.20 bits per heavy atom. The summed E-state index contributed by atoms with van der Waals surface area (Å²) in [5, 5.41) is 0. The molecule has 0 spiro atoms. The van der Waals surface area contributed by atoms with E-state index in [1.54, 1.807) is 35.5 Å². The smallest absolute Gasteiger partial charge is 0.261 e. The van der Waals surface area contributed by atoms with Gasteiger partial charge in [0.25, 0.3) is 11.5 Å². The third-order valence-electron chi connectivity index (χ3n) is 3.51. The van der Waals surface area contributed by atoms with E-state index in [1.165, 1.54) is 0 Å². The Balaban J connectivity index is 1.92. The molecule has 1 fully saturated rings. The predicted molar refractivity (Wildman–Crippen MR) is 75.4 cm³/mol. The Bertz CT molecular complexity index is 673. The zero-order valence-electron chi connectivity index (χ0n) is 11.0. The summed E-state index contributed by atoms with van der Waals surface area (Å²) in [6.45, 7) is 1.48. The predicted octanol–water partition coefficient (Wildman–Crippen LogP) is 1.67. The van der Waals surface area contributed by atoms with Crippen LogP contribution < -0.4 is 5.56 Å². The molecule has 102 valence electrons. The zero-order valence-corrected chi connectivity index (χ0v) is 11.0. The van der Waals surface area contributed by atoms with Crippen LogP contribution in [0.15, 0.2) is 41.5 Å². The highest BCUT2D eigenvalue weighted by Gasteiger charge is 2.21. The van der Waals surface area contributed by atoms with E-state index in [1.807, 2.05) is 6.07 Å². The summed E-state index contributed by atoms with van der Waals surface area (Å²) in [7, 11) is 0. The molecule has 1 saturated heterocycles. The number of carbonyl (C=O) groups is 1. The average molecular weight is 269 g/mol. The summed E-state index contributed by atoms with van der Waals surface area (Å²) in [5.41, 5.74) is 1.36. The maximum atomic E-state index is 12.2. The fraction of sp³-hybridized carbons (Fsp3) is 0.267. The van der Waals surface area contributed by atoms with Crippen molar-refractivity contribution in [3.05, 3.63) is 52.6 Å². The van der Waals surface area contributed by atoms with Crippen LogP contribution in [-0.4, -0.2) is 33.9 Å². The van der Waals surface area contributed by atoms with Crippen molar-refractivity contribution in [2.24, 2.45) is 0 Å². The van der Waals surface area contributed by atoms with E-state index in [0.717, 1.165) is 31.5 Å². The van der Waals surface area contributed by atoms with Gasteiger partial charge in [0.1, 0.15) is 5.56 Å². The lowest BCUT2D eigenvalue weighted by Crippen LogP contribution is -2.32. The van der Waals surface area contributed by atoms with E-state index in [9.17, 15) is 9.59 Å². The van der Waals surface area contributed by atoms with Crippen molar-refractivity contribution in [2.75, 3.05) is 13.1 Å². The van der Waals surface area contributed by atoms with Crippen molar-refractivity contribution >= 4 is 5.91 Å². The van der Waals surface area contributed by atoms with E-state index in [4.69, 9.17) is 0 Å². The van der Waals surface area contributed by atoms with Gasteiger partial charge in [-0.25, -0.2) is 0 Å². The van der Waals surface area contributed by atoms with Crippen LogP contribution in [0, 0.1) is 0 Å². The highest BCUT2D eigenvalue weighted by Crippen LogP contribution is 2.15. The molecule has 0 bridgehead atoms. The van der Waals surface area contributed by atoms with Gasteiger partial charge in [0, 0.05) is 36.7 Å². The lowest BCUT2D eigenvalue weighted by Gasteiger charge is -2.14. The summed E-state index contributed by atoms with van der Waals surface area (Å²) in [4.78, 5) is 32.8. The zero-order chi connectivity index (χ0) is 13.9. The summed E-state index contributed by atoms with van der Waals surface area (Å²) < 4.78 is 0. The van der Waals surface area contributed by atoms with Gasteiger partial charge in [0.2, 0.25) is 0 Å². The highest BCUT2D eigenvalue weighted by atomic mass is 16.2. The van der Waals surface area contributed by atoms with E-state index in [0.29, 0.717) is 5.69 Å². The van der Waals surface area contributed by atoms with Crippen molar-refractivity contribution in [3.8, 4) is 11.3 Å². The van der Waals surface area contributed by atoms with Gasteiger partial charge in [-0.2, -0.15) is 0 Å². The summed E-state index contributed by atoms with van der Waals surface area (Å²) in [5.74, 6) is -0.179. The Kier molecular flexibility index (Phi) is 3.33. The molecule has 3 heterocycles. The van der Waals surface area contributed by atoms with Gasteiger partial charge in [-0.3, -0.25) is 14.6 Å². The molecule has 5 heteroatoms. The molecule has 0 atom stereocenters.